The molecule has 0 spiro atoms. The van der Waals surface area contributed by atoms with Crippen molar-refractivity contribution in [3.63, 3.8) is 0 Å². The molecule has 1 aliphatic rings. The maximum absolute atomic E-state index is 12.0. The molecule has 1 aromatic heterocycles. The Morgan fingerprint density at radius 2 is 2.17 bits per heavy atom. The Morgan fingerprint density at radius 1 is 1.44 bits per heavy atom. The molecule has 1 N–H and O–H groups in total. The number of aromatic nitrogens is 2. The van der Waals surface area contributed by atoms with E-state index in [9.17, 15) is 4.79 Å². The van der Waals surface area contributed by atoms with E-state index in [2.05, 4.69) is 10.4 Å². The zero-order valence-corrected chi connectivity index (χ0v) is 11.5. The number of rotatable bonds is 3. The maximum Gasteiger partial charge on any atom is 0.276 e. The van der Waals surface area contributed by atoms with Gasteiger partial charge >= 0.3 is 0 Å². The molecule has 1 aromatic rings. The van der Waals surface area contributed by atoms with Crippen LogP contribution in [0, 0.1) is 6.92 Å². The van der Waals surface area contributed by atoms with Crippen molar-refractivity contribution < 1.29 is 4.79 Å². The molecule has 0 aromatic carbocycles. The van der Waals surface area contributed by atoms with Gasteiger partial charge in [0.1, 0.15) is 5.70 Å². The molecule has 2 heterocycles. The number of hydrogen-bond acceptors (Lipinski definition) is 3. The molecule has 0 saturated carbocycles. The Hall–Kier alpha value is -1.69. The summed E-state index contributed by atoms with van der Waals surface area (Å²) < 4.78 is 1.89. The van der Waals surface area contributed by atoms with E-state index in [1.165, 1.54) is 0 Å². The first-order valence-electron chi connectivity index (χ1n) is 5.95. The van der Waals surface area contributed by atoms with Crippen LogP contribution < -0.4 is 5.32 Å². The third-order valence-electron chi connectivity index (χ3n) is 3.02. The normalized spacial score (nSPS) is 17.7. The highest BCUT2D eigenvalue weighted by Crippen LogP contribution is 2.16. The van der Waals surface area contributed by atoms with Crippen LogP contribution in [0.3, 0.4) is 0 Å². The molecule has 0 bridgehead atoms. The number of nitrogens with zero attached hydrogens (tertiary/aromatic N) is 3. The summed E-state index contributed by atoms with van der Waals surface area (Å²) in [6.07, 6.45) is 3.57. The van der Waals surface area contributed by atoms with Gasteiger partial charge in [0.05, 0.1) is 6.20 Å². The van der Waals surface area contributed by atoms with Crippen molar-refractivity contribution in [1.82, 2.24) is 20.0 Å². The SMILES string of the molecule is CCN1C(=O)/C(=C\c2cnn(CC)c2C)NC1=S. The van der Waals surface area contributed by atoms with Crippen LogP contribution in [0.5, 0.6) is 0 Å². The minimum atomic E-state index is -0.0776. The molecule has 1 amide bonds. The van der Waals surface area contributed by atoms with Gasteiger partial charge in [-0.25, -0.2) is 0 Å². The lowest BCUT2D eigenvalue weighted by Crippen LogP contribution is -2.30. The lowest BCUT2D eigenvalue weighted by atomic mass is 10.2. The standard InChI is InChI=1S/C12H16N4OS/c1-4-15-11(17)10(14-12(15)18)6-9-7-13-16(5-2)8(9)3/h6-7H,4-5H2,1-3H3,(H,14,18)/b10-6+. The molecule has 5 nitrogen and oxygen atoms in total. The number of aryl methyl sites for hydroxylation is 1. The number of carbonyl (C=O) groups excluding carboxylic acids is 1. The Balaban J connectivity index is 2.32. The van der Waals surface area contributed by atoms with Gasteiger partial charge in [0.25, 0.3) is 5.91 Å². The fourth-order valence-electron chi connectivity index (χ4n) is 1.94. The highest BCUT2D eigenvalue weighted by Gasteiger charge is 2.29. The summed E-state index contributed by atoms with van der Waals surface area (Å²) >= 11 is 5.10. The molecule has 18 heavy (non-hydrogen) atoms. The van der Waals surface area contributed by atoms with Crippen molar-refractivity contribution >= 4 is 29.3 Å². The number of carbonyl (C=O) groups is 1. The van der Waals surface area contributed by atoms with Gasteiger partial charge in [-0.05, 0) is 39.1 Å². The summed E-state index contributed by atoms with van der Waals surface area (Å²) in [4.78, 5) is 13.6. The van der Waals surface area contributed by atoms with E-state index in [0.717, 1.165) is 17.8 Å². The van der Waals surface area contributed by atoms with E-state index < -0.39 is 0 Å². The highest BCUT2D eigenvalue weighted by molar-refractivity contribution is 7.80. The van der Waals surface area contributed by atoms with Gasteiger partial charge in [-0.3, -0.25) is 14.4 Å². The fourth-order valence-corrected chi connectivity index (χ4v) is 2.26. The van der Waals surface area contributed by atoms with E-state index >= 15 is 0 Å². The molecule has 1 fully saturated rings. The molecule has 2 rings (SSSR count). The minimum absolute atomic E-state index is 0.0776. The van der Waals surface area contributed by atoms with E-state index in [1.54, 1.807) is 17.2 Å². The molecule has 0 atom stereocenters. The molecule has 0 unspecified atom stereocenters. The summed E-state index contributed by atoms with van der Waals surface area (Å²) in [7, 11) is 0. The summed E-state index contributed by atoms with van der Waals surface area (Å²) in [6, 6.07) is 0. The Labute approximate surface area is 111 Å². The Kier molecular flexibility index (Phi) is 3.47. The van der Waals surface area contributed by atoms with Crippen molar-refractivity contribution in [2.24, 2.45) is 0 Å². The second-order valence-electron chi connectivity index (χ2n) is 4.04. The summed E-state index contributed by atoms with van der Waals surface area (Å²) in [5.74, 6) is -0.0776. The predicted octanol–water partition coefficient (Wildman–Crippen LogP) is 1.29. The van der Waals surface area contributed by atoms with Crippen molar-refractivity contribution in [1.29, 1.82) is 0 Å². The topological polar surface area (TPSA) is 50.2 Å². The van der Waals surface area contributed by atoms with Crippen molar-refractivity contribution in [3.05, 3.63) is 23.2 Å². The smallest absolute Gasteiger partial charge is 0.276 e. The van der Waals surface area contributed by atoms with Crippen LogP contribution in [0.15, 0.2) is 11.9 Å². The Bertz CT molecular complexity index is 532. The first kappa shape index (κ1) is 12.8. The van der Waals surface area contributed by atoms with Crippen LogP contribution in [0.2, 0.25) is 0 Å². The average Bonchev–Trinajstić information content (AvgIpc) is 2.82. The second kappa shape index (κ2) is 4.89. The van der Waals surface area contributed by atoms with Gasteiger partial charge in [-0.15, -0.1) is 0 Å². The second-order valence-corrected chi connectivity index (χ2v) is 4.43. The molecule has 1 aliphatic heterocycles. The lowest BCUT2D eigenvalue weighted by molar-refractivity contribution is -0.122. The third-order valence-corrected chi connectivity index (χ3v) is 3.34. The zero-order chi connectivity index (χ0) is 13.3. The van der Waals surface area contributed by atoms with Crippen LogP contribution in [0.4, 0.5) is 0 Å². The van der Waals surface area contributed by atoms with Gasteiger partial charge < -0.3 is 5.32 Å². The van der Waals surface area contributed by atoms with Gasteiger partial charge in [-0.1, -0.05) is 0 Å². The quantitative estimate of drug-likeness (QED) is 0.660. The predicted molar refractivity (Wildman–Crippen MR) is 73.7 cm³/mol. The number of hydrogen-bond donors (Lipinski definition) is 1. The zero-order valence-electron chi connectivity index (χ0n) is 10.7. The van der Waals surface area contributed by atoms with E-state index in [-0.39, 0.29) is 5.91 Å². The first-order valence-corrected chi connectivity index (χ1v) is 6.36. The molecule has 96 valence electrons. The minimum Gasteiger partial charge on any atom is -0.328 e. The summed E-state index contributed by atoms with van der Waals surface area (Å²) in [5.41, 5.74) is 2.49. The van der Waals surface area contributed by atoms with E-state index in [4.69, 9.17) is 12.2 Å². The monoisotopic (exact) mass is 264 g/mol. The van der Waals surface area contributed by atoms with Crippen LogP contribution in [-0.4, -0.2) is 32.2 Å². The van der Waals surface area contributed by atoms with Crippen LogP contribution in [0.1, 0.15) is 25.1 Å². The van der Waals surface area contributed by atoms with E-state index in [0.29, 0.717) is 17.4 Å². The molecule has 0 aliphatic carbocycles. The van der Waals surface area contributed by atoms with Crippen LogP contribution >= 0.6 is 12.2 Å². The van der Waals surface area contributed by atoms with Crippen molar-refractivity contribution in [2.45, 2.75) is 27.3 Å². The van der Waals surface area contributed by atoms with E-state index in [1.807, 2.05) is 25.5 Å². The maximum atomic E-state index is 12.0. The lowest BCUT2D eigenvalue weighted by Gasteiger charge is -2.08. The molecule has 0 radical (unpaired) electrons. The highest BCUT2D eigenvalue weighted by atomic mass is 32.1. The van der Waals surface area contributed by atoms with Gasteiger partial charge in [0.2, 0.25) is 0 Å². The van der Waals surface area contributed by atoms with Crippen molar-refractivity contribution in [2.75, 3.05) is 6.54 Å². The number of thiocarbonyl (C=S) groups is 1. The van der Waals surface area contributed by atoms with Gasteiger partial charge in [0.15, 0.2) is 5.11 Å². The summed E-state index contributed by atoms with van der Waals surface area (Å²) in [6.45, 7) is 7.31. The van der Waals surface area contributed by atoms with Gasteiger partial charge in [-0.2, -0.15) is 5.10 Å². The molecular formula is C12H16N4OS. The van der Waals surface area contributed by atoms with Gasteiger partial charge in [0, 0.05) is 24.3 Å². The molecule has 6 heteroatoms. The molecule has 1 saturated heterocycles. The average molecular weight is 264 g/mol. The Morgan fingerprint density at radius 3 is 2.67 bits per heavy atom. The fraction of sp³-hybridized carbons (Fsp3) is 0.417. The third kappa shape index (κ3) is 2.03. The van der Waals surface area contributed by atoms with Crippen LogP contribution in [0.25, 0.3) is 6.08 Å². The van der Waals surface area contributed by atoms with Crippen molar-refractivity contribution in [3.8, 4) is 0 Å². The number of nitrogens with one attached hydrogen (secondary N) is 1. The number of amides is 1. The first-order chi connectivity index (χ1) is 8.58. The largest absolute Gasteiger partial charge is 0.328 e. The number of likely N-dealkylation sites (N-methyl/N-ethyl adjacent to an activating group) is 1. The summed E-state index contributed by atoms with van der Waals surface area (Å²) in [5, 5.41) is 7.65. The molecular weight excluding hydrogens is 248 g/mol. The van der Waals surface area contributed by atoms with Crippen LogP contribution in [-0.2, 0) is 11.3 Å².